The highest BCUT2D eigenvalue weighted by Gasteiger charge is 2.23. The molecule has 5 nitrogen and oxygen atoms in total. The van der Waals surface area contributed by atoms with E-state index in [9.17, 15) is 9.59 Å². The van der Waals surface area contributed by atoms with Gasteiger partial charge in [0, 0.05) is 11.1 Å². The number of epoxide rings is 1. The average molecular weight is 226 g/mol. The maximum Gasteiger partial charge on any atom is 0.331 e. The number of hydrogen-bond donors (Lipinski definition) is 2. The molecule has 88 valence electrons. The summed E-state index contributed by atoms with van der Waals surface area (Å²) in [5.41, 5.74) is 0.317. The number of carbonyl (C=O) groups is 2. The minimum absolute atomic E-state index is 0.112. The van der Waals surface area contributed by atoms with Gasteiger partial charge in [0.2, 0.25) is 0 Å². The fourth-order valence-corrected chi connectivity index (χ4v) is 1.11. The molecule has 16 heavy (non-hydrogen) atoms. The maximum atomic E-state index is 10.8. The molecule has 1 saturated heterocycles. The van der Waals surface area contributed by atoms with Crippen molar-refractivity contribution in [3.05, 3.63) is 23.3 Å². The minimum Gasteiger partial charge on any atom is -0.478 e. The van der Waals surface area contributed by atoms with Gasteiger partial charge in [0.15, 0.2) is 0 Å². The van der Waals surface area contributed by atoms with Gasteiger partial charge in [0.05, 0.1) is 12.7 Å². The van der Waals surface area contributed by atoms with Crippen LogP contribution < -0.4 is 0 Å². The summed E-state index contributed by atoms with van der Waals surface area (Å²) >= 11 is 0. The predicted molar refractivity (Wildman–Crippen MR) is 56.1 cm³/mol. The summed E-state index contributed by atoms with van der Waals surface area (Å²) in [4.78, 5) is 21.3. The third-order valence-electron chi connectivity index (χ3n) is 2.28. The van der Waals surface area contributed by atoms with Crippen LogP contribution >= 0.6 is 0 Å². The number of carboxylic acid groups (broad SMARTS) is 2. The van der Waals surface area contributed by atoms with E-state index in [1.54, 1.807) is 0 Å². The lowest BCUT2D eigenvalue weighted by Gasteiger charge is -1.99. The third kappa shape index (κ3) is 4.27. The molecule has 1 heterocycles. The highest BCUT2D eigenvalue weighted by atomic mass is 16.6. The first-order chi connectivity index (χ1) is 7.50. The molecular weight excluding hydrogens is 212 g/mol. The Kier molecular flexibility index (Phi) is 4.25. The molecule has 0 aliphatic carbocycles. The number of hydrogen-bond acceptors (Lipinski definition) is 3. The number of allylic oxidation sites excluding steroid dienone is 2. The number of carboxylic acids is 2. The van der Waals surface area contributed by atoms with Gasteiger partial charge in [-0.15, -0.1) is 0 Å². The Labute approximate surface area is 93.0 Å². The molecule has 1 unspecified atom stereocenters. The summed E-state index contributed by atoms with van der Waals surface area (Å²) in [7, 11) is 0. The molecule has 0 bridgehead atoms. The largest absolute Gasteiger partial charge is 0.478 e. The Morgan fingerprint density at radius 3 is 2.38 bits per heavy atom. The fourth-order valence-electron chi connectivity index (χ4n) is 1.11. The third-order valence-corrected chi connectivity index (χ3v) is 2.28. The van der Waals surface area contributed by atoms with Crippen molar-refractivity contribution >= 4 is 11.9 Å². The van der Waals surface area contributed by atoms with Crippen molar-refractivity contribution < 1.29 is 24.5 Å². The zero-order valence-electron chi connectivity index (χ0n) is 8.97. The molecule has 1 fully saturated rings. The molecular formula is C11H14O5. The first-order valence-corrected chi connectivity index (χ1v) is 4.96. The monoisotopic (exact) mass is 226 g/mol. The van der Waals surface area contributed by atoms with Crippen LogP contribution in [0.15, 0.2) is 23.3 Å². The van der Waals surface area contributed by atoms with E-state index in [0.717, 1.165) is 0 Å². The molecule has 2 N–H and O–H groups in total. The molecule has 0 spiro atoms. The molecule has 0 radical (unpaired) electrons. The van der Waals surface area contributed by atoms with E-state index in [-0.39, 0.29) is 17.3 Å². The van der Waals surface area contributed by atoms with Crippen molar-refractivity contribution in [1.29, 1.82) is 0 Å². The number of aliphatic carboxylic acids is 2. The SMILES string of the molecule is CC(=CC=C(CCC1CO1)C(=O)O)C(=O)O. The van der Waals surface area contributed by atoms with Crippen LogP contribution in [0.4, 0.5) is 0 Å². The fraction of sp³-hybridized carbons (Fsp3) is 0.455. The van der Waals surface area contributed by atoms with E-state index in [0.29, 0.717) is 19.4 Å². The van der Waals surface area contributed by atoms with Crippen molar-refractivity contribution in [2.75, 3.05) is 6.61 Å². The summed E-state index contributed by atoms with van der Waals surface area (Å²) in [6.07, 6.45) is 3.88. The lowest BCUT2D eigenvalue weighted by Crippen LogP contribution is -2.02. The molecule has 0 aromatic rings. The van der Waals surface area contributed by atoms with Gasteiger partial charge in [-0.3, -0.25) is 0 Å². The molecule has 5 heteroatoms. The van der Waals surface area contributed by atoms with Crippen molar-refractivity contribution in [2.24, 2.45) is 0 Å². The molecule has 1 atom stereocenters. The Balaban J connectivity index is 2.60. The summed E-state index contributed by atoms with van der Waals surface area (Å²) in [6.45, 7) is 2.11. The molecule has 1 rings (SSSR count). The molecule has 0 aromatic heterocycles. The topological polar surface area (TPSA) is 87.1 Å². The van der Waals surface area contributed by atoms with Crippen LogP contribution in [-0.2, 0) is 14.3 Å². The van der Waals surface area contributed by atoms with E-state index >= 15 is 0 Å². The first-order valence-electron chi connectivity index (χ1n) is 4.96. The first kappa shape index (κ1) is 12.4. The second-order valence-corrected chi connectivity index (χ2v) is 3.65. The maximum absolute atomic E-state index is 10.8. The van der Waals surface area contributed by atoms with Gasteiger partial charge in [-0.2, -0.15) is 0 Å². The van der Waals surface area contributed by atoms with E-state index in [2.05, 4.69) is 0 Å². The normalized spacial score (nSPS) is 20.7. The van der Waals surface area contributed by atoms with Crippen LogP contribution in [0.5, 0.6) is 0 Å². The van der Waals surface area contributed by atoms with Crippen LogP contribution in [0.2, 0.25) is 0 Å². The standard InChI is InChI=1S/C11H14O5/c1-7(10(12)13)2-3-8(11(14)15)4-5-9-6-16-9/h2-3,9H,4-6H2,1H3,(H,12,13)(H,14,15). The Bertz CT molecular complexity index is 349. The van der Waals surface area contributed by atoms with Crippen LogP contribution in [-0.4, -0.2) is 34.9 Å². The Morgan fingerprint density at radius 1 is 1.31 bits per heavy atom. The van der Waals surface area contributed by atoms with Crippen LogP contribution in [0, 0.1) is 0 Å². The lowest BCUT2D eigenvalue weighted by atomic mass is 10.1. The lowest BCUT2D eigenvalue weighted by molar-refractivity contribution is -0.133. The van der Waals surface area contributed by atoms with E-state index in [1.165, 1.54) is 19.1 Å². The minimum atomic E-state index is -1.05. The molecule has 0 amide bonds. The van der Waals surface area contributed by atoms with Gasteiger partial charge in [0.1, 0.15) is 0 Å². The van der Waals surface area contributed by atoms with Crippen molar-refractivity contribution in [2.45, 2.75) is 25.9 Å². The Hall–Kier alpha value is -1.62. The highest BCUT2D eigenvalue weighted by Crippen LogP contribution is 2.19. The van der Waals surface area contributed by atoms with Crippen molar-refractivity contribution in [1.82, 2.24) is 0 Å². The summed E-state index contributed by atoms with van der Waals surface area (Å²) in [5, 5.41) is 17.5. The van der Waals surface area contributed by atoms with Crippen LogP contribution in [0.25, 0.3) is 0 Å². The molecule has 1 aliphatic heterocycles. The van der Waals surface area contributed by atoms with E-state index in [4.69, 9.17) is 14.9 Å². The van der Waals surface area contributed by atoms with Crippen molar-refractivity contribution in [3.63, 3.8) is 0 Å². The van der Waals surface area contributed by atoms with Gasteiger partial charge in [-0.25, -0.2) is 9.59 Å². The number of rotatable bonds is 6. The zero-order chi connectivity index (χ0) is 12.1. The quantitative estimate of drug-likeness (QED) is 0.404. The van der Waals surface area contributed by atoms with Gasteiger partial charge in [0.25, 0.3) is 0 Å². The van der Waals surface area contributed by atoms with Gasteiger partial charge >= 0.3 is 11.9 Å². The van der Waals surface area contributed by atoms with Gasteiger partial charge in [-0.05, 0) is 19.8 Å². The van der Waals surface area contributed by atoms with Crippen LogP contribution in [0.1, 0.15) is 19.8 Å². The van der Waals surface area contributed by atoms with E-state index in [1.807, 2.05) is 0 Å². The van der Waals surface area contributed by atoms with Gasteiger partial charge in [-0.1, -0.05) is 12.2 Å². The zero-order valence-corrected chi connectivity index (χ0v) is 8.97. The average Bonchev–Trinajstić information content (AvgIpc) is 3.00. The van der Waals surface area contributed by atoms with Gasteiger partial charge < -0.3 is 14.9 Å². The Morgan fingerprint density at radius 2 is 1.94 bits per heavy atom. The smallest absolute Gasteiger partial charge is 0.331 e. The van der Waals surface area contributed by atoms with Crippen molar-refractivity contribution in [3.8, 4) is 0 Å². The second kappa shape index (κ2) is 5.46. The van der Waals surface area contributed by atoms with E-state index < -0.39 is 11.9 Å². The molecule has 0 aromatic carbocycles. The summed E-state index contributed by atoms with van der Waals surface area (Å²) in [5.74, 6) is -2.07. The van der Waals surface area contributed by atoms with Crippen LogP contribution in [0.3, 0.4) is 0 Å². The highest BCUT2D eigenvalue weighted by molar-refractivity contribution is 5.89. The second-order valence-electron chi connectivity index (χ2n) is 3.65. The number of ether oxygens (including phenoxy) is 1. The summed E-state index contributed by atoms with van der Waals surface area (Å²) < 4.78 is 4.97. The predicted octanol–water partition coefficient (Wildman–Crippen LogP) is 1.21. The summed E-state index contributed by atoms with van der Waals surface area (Å²) in [6, 6.07) is 0. The molecule has 1 aliphatic rings. The molecule has 0 saturated carbocycles.